The standard InChI is InChI=1S/C18H16Cl2N4O2/c1-2-8-21-18(26)15-16(22-14-5-3-4-9-24(14)15)23-17(25)12-7-6-11(19)10-13(12)20/h3-7,9-10H,2,8H2,1H3,(H,21,26)(H,23,25). The first-order valence-electron chi connectivity index (χ1n) is 8.03. The Hall–Kier alpha value is -2.57. The summed E-state index contributed by atoms with van der Waals surface area (Å²) in [5, 5.41) is 6.13. The van der Waals surface area contributed by atoms with Gasteiger partial charge < -0.3 is 10.6 Å². The molecule has 0 aliphatic carbocycles. The van der Waals surface area contributed by atoms with Gasteiger partial charge in [0.2, 0.25) is 0 Å². The predicted octanol–water partition coefficient (Wildman–Crippen LogP) is 4.03. The zero-order valence-corrected chi connectivity index (χ0v) is 15.4. The van der Waals surface area contributed by atoms with Gasteiger partial charge in [0.25, 0.3) is 11.8 Å². The monoisotopic (exact) mass is 390 g/mol. The number of hydrogen-bond donors (Lipinski definition) is 2. The predicted molar refractivity (Wildman–Crippen MR) is 102 cm³/mol. The lowest BCUT2D eigenvalue weighted by molar-refractivity contribution is 0.0949. The summed E-state index contributed by atoms with van der Waals surface area (Å²) in [7, 11) is 0. The molecule has 8 heteroatoms. The van der Waals surface area contributed by atoms with Crippen LogP contribution in [0.3, 0.4) is 0 Å². The van der Waals surface area contributed by atoms with Crippen LogP contribution in [-0.2, 0) is 0 Å². The van der Waals surface area contributed by atoms with Crippen molar-refractivity contribution in [2.75, 3.05) is 11.9 Å². The third kappa shape index (κ3) is 3.66. The molecule has 0 saturated carbocycles. The van der Waals surface area contributed by atoms with Crippen molar-refractivity contribution in [2.24, 2.45) is 0 Å². The fraction of sp³-hybridized carbons (Fsp3) is 0.167. The number of anilines is 1. The van der Waals surface area contributed by atoms with Gasteiger partial charge in [-0.05, 0) is 36.8 Å². The molecule has 0 saturated heterocycles. The van der Waals surface area contributed by atoms with E-state index in [1.54, 1.807) is 34.9 Å². The molecule has 3 rings (SSSR count). The van der Waals surface area contributed by atoms with Crippen molar-refractivity contribution in [3.05, 3.63) is 63.9 Å². The maximum absolute atomic E-state index is 12.6. The summed E-state index contributed by atoms with van der Waals surface area (Å²) in [6.07, 6.45) is 2.51. The van der Waals surface area contributed by atoms with E-state index in [1.165, 1.54) is 12.1 Å². The van der Waals surface area contributed by atoms with Gasteiger partial charge in [-0.2, -0.15) is 0 Å². The van der Waals surface area contributed by atoms with E-state index in [4.69, 9.17) is 23.2 Å². The number of nitrogens with one attached hydrogen (secondary N) is 2. The number of pyridine rings is 1. The summed E-state index contributed by atoms with van der Waals surface area (Å²) in [5.74, 6) is -0.622. The Bertz CT molecular complexity index is 984. The molecule has 134 valence electrons. The van der Waals surface area contributed by atoms with Crippen LogP contribution in [0.2, 0.25) is 10.0 Å². The molecule has 2 N–H and O–H groups in total. The van der Waals surface area contributed by atoms with Crippen LogP contribution in [0, 0.1) is 0 Å². The zero-order valence-electron chi connectivity index (χ0n) is 13.9. The zero-order chi connectivity index (χ0) is 18.7. The number of halogens is 2. The van der Waals surface area contributed by atoms with Crippen LogP contribution in [0.25, 0.3) is 5.65 Å². The molecule has 26 heavy (non-hydrogen) atoms. The lowest BCUT2D eigenvalue weighted by atomic mass is 10.2. The van der Waals surface area contributed by atoms with Crippen molar-refractivity contribution < 1.29 is 9.59 Å². The Labute approximate surface area is 160 Å². The van der Waals surface area contributed by atoms with Gasteiger partial charge in [-0.3, -0.25) is 14.0 Å². The number of carbonyl (C=O) groups excluding carboxylic acids is 2. The van der Waals surface area contributed by atoms with Crippen molar-refractivity contribution in [2.45, 2.75) is 13.3 Å². The number of benzene rings is 1. The van der Waals surface area contributed by atoms with Crippen molar-refractivity contribution in [3.63, 3.8) is 0 Å². The van der Waals surface area contributed by atoms with Crippen LogP contribution in [0.4, 0.5) is 5.82 Å². The van der Waals surface area contributed by atoms with Crippen LogP contribution in [0.1, 0.15) is 34.2 Å². The Kier molecular flexibility index (Phi) is 5.44. The third-order valence-corrected chi connectivity index (χ3v) is 4.24. The minimum absolute atomic E-state index is 0.167. The van der Waals surface area contributed by atoms with E-state index in [0.717, 1.165) is 6.42 Å². The Morgan fingerprint density at radius 2 is 1.96 bits per heavy atom. The number of rotatable bonds is 5. The summed E-state index contributed by atoms with van der Waals surface area (Å²) in [6.45, 7) is 2.48. The Morgan fingerprint density at radius 3 is 2.69 bits per heavy atom. The van der Waals surface area contributed by atoms with E-state index in [2.05, 4.69) is 15.6 Å². The molecule has 2 amide bonds. The van der Waals surface area contributed by atoms with Gasteiger partial charge in [0, 0.05) is 17.8 Å². The summed E-state index contributed by atoms with van der Waals surface area (Å²) >= 11 is 12.0. The smallest absolute Gasteiger partial charge is 0.272 e. The fourth-order valence-corrected chi connectivity index (χ4v) is 2.97. The third-order valence-electron chi connectivity index (χ3n) is 3.69. The molecule has 0 radical (unpaired) electrons. The number of amides is 2. The molecule has 3 aromatic rings. The molecular formula is C18H16Cl2N4O2. The highest BCUT2D eigenvalue weighted by Crippen LogP contribution is 2.23. The highest BCUT2D eigenvalue weighted by atomic mass is 35.5. The van der Waals surface area contributed by atoms with Gasteiger partial charge >= 0.3 is 0 Å². The topological polar surface area (TPSA) is 75.5 Å². The largest absolute Gasteiger partial charge is 0.351 e. The van der Waals surface area contributed by atoms with Crippen molar-refractivity contribution in [1.29, 1.82) is 0 Å². The molecule has 2 aromatic heterocycles. The van der Waals surface area contributed by atoms with E-state index in [1.807, 2.05) is 6.92 Å². The van der Waals surface area contributed by atoms with Crippen LogP contribution in [0.5, 0.6) is 0 Å². The molecule has 0 bridgehead atoms. The second-order valence-corrected chi connectivity index (χ2v) is 6.42. The molecule has 0 aliphatic heterocycles. The van der Waals surface area contributed by atoms with Gasteiger partial charge in [-0.15, -0.1) is 0 Å². The van der Waals surface area contributed by atoms with Crippen LogP contribution in [-0.4, -0.2) is 27.7 Å². The van der Waals surface area contributed by atoms with Gasteiger partial charge in [0.05, 0.1) is 10.6 Å². The molecule has 1 aromatic carbocycles. The van der Waals surface area contributed by atoms with E-state index < -0.39 is 5.91 Å². The summed E-state index contributed by atoms with van der Waals surface area (Å²) in [5.41, 5.74) is 1.05. The first-order valence-corrected chi connectivity index (χ1v) is 8.78. The van der Waals surface area contributed by atoms with Crippen LogP contribution in [0.15, 0.2) is 42.6 Å². The first-order chi connectivity index (χ1) is 12.5. The highest BCUT2D eigenvalue weighted by molar-refractivity contribution is 6.37. The van der Waals surface area contributed by atoms with Gasteiger partial charge in [0.1, 0.15) is 5.65 Å². The van der Waals surface area contributed by atoms with Crippen molar-refractivity contribution >= 4 is 46.5 Å². The van der Waals surface area contributed by atoms with Gasteiger partial charge in [0.15, 0.2) is 11.5 Å². The maximum Gasteiger partial charge on any atom is 0.272 e. The second-order valence-electron chi connectivity index (χ2n) is 5.57. The fourth-order valence-electron chi connectivity index (χ4n) is 2.47. The van der Waals surface area contributed by atoms with Crippen molar-refractivity contribution in [1.82, 2.24) is 14.7 Å². The average molecular weight is 391 g/mol. The molecule has 0 aliphatic rings. The maximum atomic E-state index is 12.6. The normalized spacial score (nSPS) is 10.7. The Morgan fingerprint density at radius 1 is 1.15 bits per heavy atom. The van der Waals surface area contributed by atoms with Crippen LogP contribution < -0.4 is 10.6 Å². The molecule has 0 unspecified atom stereocenters. The van der Waals surface area contributed by atoms with Gasteiger partial charge in [-0.25, -0.2) is 4.98 Å². The molecule has 6 nitrogen and oxygen atoms in total. The molecular weight excluding hydrogens is 375 g/mol. The number of aromatic nitrogens is 2. The molecule has 0 fully saturated rings. The van der Waals surface area contributed by atoms with E-state index in [-0.39, 0.29) is 28.0 Å². The summed E-state index contributed by atoms with van der Waals surface area (Å²) in [4.78, 5) is 29.5. The quantitative estimate of drug-likeness (QED) is 0.690. The number of imidazole rings is 1. The second kappa shape index (κ2) is 7.76. The number of hydrogen-bond acceptors (Lipinski definition) is 3. The summed E-state index contributed by atoms with van der Waals surface area (Å²) < 4.78 is 1.63. The number of carbonyl (C=O) groups is 2. The Balaban J connectivity index is 1.98. The number of nitrogens with zero attached hydrogens (tertiary/aromatic N) is 2. The van der Waals surface area contributed by atoms with E-state index in [9.17, 15) is 9.59 Å². The SMILES string of the molecule is CCCNC(=O)c1c(NC(=O)c2ccc(Cl)cc2Cl)nc2ccccn12. The minimum Gasteiger partial charge on any atom is -0.351 e. The van der Waals surface area contributed by atoms with Crippen LogP contribution >= 0.6 is 23.2 Å². The summed E-state index contributed by atoms with van der Waals surface area (Å²) in [6, 6.07) is 9.91. The molecule has 0 spiro atoms. The minimum atomic E-state index is -0.473. The molecule has 2 heterocycles. The first kappa shape index (κ1) is 18.2. The van der Waals surface area contributed by atoms with Gasteiger partial charge in [-0.1, -0.05) is 36.2 Å². The van der Waals surface area contributed by atoms with E-state index >= 15 is 0 Å². The average Bonchev–Trinajstić information content (AvgIpc) is 2.97. The lowest BCUT2D eigenvalue weighted by Crippen LogP contribution is -2.27. The van der Waals surface area contributed by atoms with E-state index in [0.29, 0.717) is 17.2 Å². The number of fused-ring (bicyclic) bond motifs is 1. The lowest BCUT2D eigenvalue weighted by Gasteiger charge is -2.08. The molecule has 0 atom stereocenters. The highest BCUT2D eigenvalue weighted by Gasteiger charge is 2.21. The van der Waals surface area contributed by atoms with Crippen molar-refractivity contribution in [3.8, 4) is 0 Å².